The first-order valence-electron chi connectivity index (χ1n) is 7.32. The molecule has 126 valence electrons. The van der Waals surface area contributed by atoms with Gasteiger partial charge in [-0.2, -0.15) is 13.9 Å². The van der Waals surface area contributed by atoms with Crippen LogP contribution in [0, 0.1) is 0 Å². The third-order valence-corrected chi connectivity index (χ3v) is 4.25. The van der Waals surface area contributed by atoms with Crippen molar-refractivity contribution in [3.05, 3.63) is 59.8 Å². The number of rotatable bonds is 5. The molecule has 9 heteroatoms. The second kappa shape index (κ2) is 6.52. The molecule has 0 spiro atoms. The van der Waals surface area contributed by atoms with Gasteiger partial charge in [-0.15, -0.1) is 11.3 Å². The standard InChI is InChI=1S/C16H11F2N5OS/c17-16(18)24-11-3-1-10(2-4-11)7-13-21-15-14(12-8-19-9-25-12)20-5-6-23(15)22-13/h1-6,8-9,16H,7H2. The highest BCUT2D eigenvalue weighted by atomic mass is 32.1. The van der Waals surface area contributed by atoms with Crippen LogP contribution in [0.15, 0.2) is 48.4 Å². The van der Waals surface area contributed by atoms with Crippen LogP contribution in [0.1, 0.15) is 11.4 Å². The van der Waals surface area contributed by atoms with Gasteiger partial charge < -0.3 is 4.74 Å². The van der Waals surface area contributed by atoms with E-state index >= 15 is 0 Å². The van der Waals surface area contributed by atoms with E-state index in [0.717, 1.165) is 16.1 Å². The Morgan fingerprint density at radius 1 is 1.20 bits per heavy atom. The highest BCUT2D eigenvalue weighted by molar-refractivity contribution is 7.13. The third kappa shape index (κ3) is 3.31. The summed E-state index contributed by atoms with van der Waals surface area (Å²) in [4.78, 5) is 13.9. The minimum absolute atomic E-state index is 0.124. The summed E-state index contributed by atoms with van der Waals surface area (Å²) in [5.74, 6) is 0.736. The lowest BCUT2D eigenvalue weighted by atomic mass is 10.1. The van der Waals surface area contributed by atoms with E-state index in [0.29, 0.717) is 17.9 Å². The maximum Gasteiger partial charge on any atom is 0.387 e. The molecule has 0 amide bonds. The Kier molecular flexibility index (Phi) is 4.06. The van der Waals surface area contributed by atoms with Crippen molar-refractivity contribution >= 4 is 17.0 Å². The van der Waals surface area contributed by atoms with Crippen LogP contribution in [0.25, 0.3) is 16.2 Å². The smallest absolute Gasteiger partial charge is 0.387 e. The molecule has 0 bridgehead atoms. The summed E-state index contributed by atoms with van der Waals surface area (Å²) in [5.41, 5.74) is 4.01. The Labute approximate surface area is 144 Å². The van der Waals surface area contributed by atoms with E-state index in [9.17, 15) is 8.78 Å². The fraction of sp³-hybridized carbons (Fsp3) is 0.125. The van der Waals surface area contributed by atoms with Crippen molar-refractivity contribution in [3.8, 4) is 16.3 Å². The number of fused-ring (bicyclic) bond motifs is 1. The molecule has 4 aromatic rings. The van der Waals surface area contributed by atoms with Gasteiger partial charge in [0.1, 0.15) is 11.4 Å². The number of thiazole rings is 1. The van der Waals surface area contributed by atoms with Crippen LogP contribution in [-0.4, -0.2) is 31.2 Å². The molecule has 0 fully saturated rings. The normalized spacial score (nSPS) is 11.3. The van der Waals surface area contributed by atoms with Crippen molar-refractivity contribution in [2.45, 2.75) is 13.0 Å². The Bertz CT molecular complexity index is 986. The lowest BCUT2D eigenvalue weighted by molar-refractivity contribution is -0.0498. The number of benzene rings is 1. The van der Waals surface area contributed by atoms with Crippen molar-refractivity contribution in [1.82, 2.24) is 24.6 Å². The number of halogens is 2. The van der Waals surface area contributed by atoms with Crippen LogP contribution >= 0.6 is 11.3 Å². The molecule has 4 rings (SSSR count). The van der Waals surface area contributed by atoms with E-state index in [2.05, 4.69) is 24.8 Å². The van der Waals surface area contributed by atoms with Gasteiger partial charge in [0.25, 0.3) is 0 Å². The van der Waals surface area contributed by atoms with Crippen molar-refractivity contribution in [2.24, 2.45) is 0 Å². The quantitative estimate of drug-likeness (QED) is 0.546. The molecular formula is C16H11F2N5OS. The number of ether oxygens (including phenoxy) is 1. The monoisotopic (exact) mass is 359 g/mol. The molecule has 0 aliphatic carbocycles. The molecule has 0 aliphatic heterocycles. The predicted octanol–water partition coefficient (Wildman–Crippen LogP) is 3.44. The van der Waals surface area contributed by atoms with Crippen molar-refractivity contribution < 1.29 is 13.5 Å². The summed E-state index contributed by atoms with van der Waals surface area (Å²) in [6.45, 7) is -2.83. The van der Waals surface area contributed by atoms with E-state index in [4.69, 9.17) is 0 Å². The Hall–Kier alpha value is -2.94. The van der Waals surface area contributed by atoms with Crippen molar-refractivity contribution in [3.63, 3.8) is 0 Å². The van der Waals surface area contributed by atoms with Gasteiger partial charge in [0.15, 0.2) is 11.5 Å². The molecule has 0 atom stereocenters. The highest BCUT2D eigenvalue weighted by Crippen LogP contribution is 2.24. The maximum absolute atomic E-state index is 12.2. The Balaban J connectivity index is 1.61. The van der Waals surface area contributed by atoms with Crippen LogP contribution in [-0.2, 0) is 6.42 Å². The first-order valence-corrected chi connectivity index (χ1v) is 8.20. The summed E-state index contributed by atoms with van der Waals surface area (Å²) < 4.78 is 30.4. The molecule has 6 nitrogen and oxygen atoms in total. The number of alkyl halides is 2. The van der Waals surface area contributed by atoms with E-state index in [-0.39, 0.29) is 5.75 Å². The van der Waals surface area contributed by atoms with Gasteiger partial charge in [-0.05, 0) is 17.7 Å². The zero-order chi connectivity index (χ0) is 17.2. The SMILES string of the molecule is FC(F)Oc1ccc(Cc2nc3c(-c4cncs4)nccn3n2)cc1. The molecule has 25 heavy (non-hydrogen) atoms. The van der Waals surface area contributed by atoms with Gasteiger partial charge in [0.05, 0.1) is 10.4 Å². The zero-order valence-corrected chi connectivity index (χ0v) is 13.5. The van der Waals surface area contributed by atoms with Gasteiger partial charge >= 0.3 is 6.61 Å². The third-order valence-electron chi connectivity index (χ3n) is 3.47. The van der Waals surface area contributed by atoms with Crippen LogP contribution in [0.5, 0.6) is 5.75 Å². The van der Waals surface area contributed by atoms with Crippen LogP contribution in [0.3, 0.4) is 0 Å². The van der Waals surface area contributed by atoms with Gasteiger partial charge in [-0.25, -0.2) is 14.5 Å². The van der Waals surface area contributed by atoms with Gasteiger partial charge in [0.2, 0.25) is 0 Å². The second-order valence-electron chi connectivity index (χ2n) is 5.14. The van der Waals surface area contributed by atoms with Crippen molar-refractivity contribution in [2.75, 3.05) is 0 Å². The minimum Gasteiger partial charge on any atom is -0.435 e. The summed E-state index contributed by atoms with van der Waals surface area (Å²) in [5, 5.41) is 4.45. The van der Waals surface area contributed by atoms with E-state index in [1.54, 1.807) is 40.7 Å². The molecule has 0 radical (unpaired) electrons. The fourth-order valence-electron chi connectivity index (χ4n) is 2.41. The largest absolute Gasteiger partial charge is 0.435 e. The average Bonchev–Trinajstić information content (AvgIpc) is 3.24. The molecule has 1 aromatic carbocycles. The molecule has 0 aliphatic rings. The van der Waals surface area contributed by atoms with Crippen LogP contribution in [0.2, 0.25) is 0 Å². The van der Waals surface area contributed by atoms with Crippen LogP contribution < -0.4 is 4.74 Å². The molecule has 0 unspecified atom stereocenters. The number of nitrogens with zero attached hydrogens (tertiary/aromatic N) is 5. The summed E-state index contributed by atoms with van der Waals surface area (Å²) >= 11 is 1.48. The van der Waals surface area contributed by atoms with Gasteiger partial charge in [0, 0.05) is 25.0 Å². The molecule has 0 saturated heterocycles. The topological polar surface area (TPSA) is 65.2 Å². The molecule has 0 N–H and O–H groups in total. The zero-order valence-electron chi connectivity index (χ0n) is 12.7. The van der Waals surface area contributed by atoms with E-state index in [1.807, 2.05) is 0 Å². The predicted molar refractivity (Wildman–Crippen MR) is 87.8 cm³/mol. The highest BCUT2D eigenvalue weighted by Gasteiger charge is 2.13. The lowest BCUT2D eigenvalue weighted by Gasteiger charge is -2.04. The van der Waals surface area contributed by atoms with Gasteiger partial charge in [-0.3, -0.25) is 4.98 Å². The molecule has 3 aromatic heterocycles. The summed E-state index contributed by atoms with van der Waals surface area (Å²) in [6, 6.07) is 6.43. The van der Waals surface area contributed by atoms with E-state index < -0.39 is 6.61 Å². The van der Waals surface area contributed by atoms with Crippen LogP contribution in [0.4, 0.5) is 8.78 Å². The number of aromatic nitrogens is 5. The fourth-order valence-corrected chi connectivity index (χ4v) is 3.03. The van der Waals surface area contributed by atoms with Gasteiger partial charge in [-0.1, -0.05) is 12.1 Å². The summed E-state index contributed by atoms with van der Waals surface area (Å²) in [6.07, 6.45) is 5.61. The molecule has 0 saturated carbocycles. The first kappa shape index (κ1) is 15.6. The Morgan fingerprint density at radius 2 is 2.04 bits per heavy atom. The number of hydrogen-bond acceptors (Lipinski definition) is 6. The second-order valence-corrected chi connectivity index (χ2v) is 6.02. The Morgan fingerprint density at radius 3 is 2.76 bits per heavy atom. The molecular weight excluding hydrogens is 348 g/mol. The average molecular weight is 359 g/mol. The minimum atomic E-state index is -2.83. The number of hydrogen-bond donors (Lipinski definition) is 0. The molecule has 3 heterocycles. The van der Waals surface area contributed by atoms with E-state index in [1.165, 1.54) is 23.5 Å². The lowest BCUT2D eigenvalue weighted by Crippen LogP contribution is -2.01. The summed E-state index contributed by atoms with van der Waals surface area (Å²) in [7, 11) is 0. The van der Waals surface area contributed by atoms with Crippen molar-refractivity contribution in [1.29, 1.82) is 0 Å². The first-order chi connectivity index (χ1) is 12.2. The maximum atomic E-state index is 12.2.